The SMILES string of the molecule is CC(=O)Oc1cc(C)c(C(=O)ON=C(C(=O)N[C@@H]2C(=O)N3C(C(=O)OC(c4ccccc4)c4ccccc4)=C(CSC4=CC(C)=NC5=CN(C(=O)OC(c6ccccc6)c6ccccc6)NN54)CS[C@H]23)c2csc(NC(c3ccccc3)(c3ccccc3)c3ccccc3)n2)cc1OC(C)=O. The van der Waals surface area contributed by atoms with Gasteiger partial charge in [0.25, 0.3) is 11.8 Å². The second-order valence-electron chi connectivity index (χ2n) is 23.5. The number of nitrogens with one attached hydrogen (secondary N) is 3. The Morgan fingerprint density at radius 1 is 0.663 bits per heavy atom. The summed E-state index contributed by atoms with van der Waals surface area (Å²) in [5.41, 5.74) is 8.12. The van der Waals surface area contributed by atoms with Crippen LogP contribution in [0.5, 0.6) is 11.5 Å². The number of hydrogen-bond acceptors (Lipinski definition) is 21. The summed E-state index contributed by atoms with van der Waals surface area (Å²) in [6, 6.07) is 67.8. The van der Waals surface area contributed by atoms with E-state index in [9.17, 15) is 19.2 Å². The Bertz CT molecular complexity index is 4620. The molecular formula is C77H63N9O12S3. The first-order chi connectivity index (χ1) is 49.1. The van der Waals surface area contributed by atoms with Gasteiger partial charge in [0.1, 0.15) is 28.3 Å². The van der Waals surface area contributed by atoms with Crippen LogP contribution in [0.2, 0.25) is 0 Å². The van der Waals surface area contributed by atoms with Crippen molar-refractivity contribution in [2.24, 2.45) is 10.1 Å². The van der Waals surface area contributed by atoms with E-state index in [0.717, 1.165) is 59.1 Å². The zero-order valence-corrected chi connectivity index (χ0v) is 57.1. The van der Waals surface area contributed by atoms with Gasteiger partial charge in [0, 0.05) is 36.4 Å². The molecule has 3 amide bonds. The summed E-state index contributed by atoms with van der Waals surface area (Å²) >= 11 is 3.76. The lowest BCUT2D eigenvalue weighted by atomic mass is 9.77. The fourth-order valence-corrected chi connectivity index (χ4v) is 15.3. The van der Waals surface area contributed by atoms with E-state index in [4.69, 9.17) is 33.8 Å². The van der Waals surface area contributed by atoms with E-state index >= 15 is 14.4 Å². The van der Waals surface area contributed by atoms with Crippen molar-refractivity contribution >= 4 is 93.2 Å². The number of β-lactam (4-membered cyclic amide) rings is 1. The fraction of sp³-hybridized carbons (Fsp3) is 0.143. The van der Waals surface area contributed by atoms with Crippen LogP contribution < -0.4 is 25.6 Å². The van der Waals surface area contributed by atoms with Crippen molar-refractivity contribution in [2.45, 2.75) is 56.9 Å². The maximum absolute atomic E-state index is 15.4. The average molecular weight is 1400 g/mol. The molecule has 5 heterocycles. The van der Waals surface area contributed by atoms with Gasteiger partial charge in [-0.15, -0.1) is 40.4 Å². The Kier molecular flexibility index (Phi) is 20.3. The molecule has 13 rings (SSSR count). The van der Waals surface area contributed by atoms with Crippen molar-refractivity contribution in [2.75, 3.05) is 16.8 Å². The predicted molar refractivity (Wildman–Crippen MR) is 383 cm³/mol. The summed E-state index contributed by atoms with van der Waals surface area (Å²) in [4.78, 5) is 115. The van der Waals surface area contributed by atoms with Gasteiger partial charge in [0.2, 0.25) is 0 Å². The zero-order valence-electron chi connectivity index (χ0n) is 54.6. The first kappa shape index (κ1) is 67.9. The molecule has 506 valence electrons. The molecule has 1 fully saturated rings. The molecule has 0 aliphatic carbocycles. The third-order valence-electron chi connectivity index (χ3n) is 16.6. The number of hydrazine groups is 2. The normalized spacial score (nSPS) is 15.7. The van der Waals surface area contributed by atoms with E-state index in [1.807, 2.05) is 225 Å². The summed E-state index contributed by atoms with van der Waals surface area (Å²) in [5.74, 6) is -4.75. The molecule has 0 radical (unpaired) electrons. The molecule has 0 bridgehead atoms. The number of carbonyl (C=O) groups excluding carboxylic acids is 7. The maximum atomic E-state index is 15.4. The van der Waals surface area contributed by atoms with E-state index in [1.54, 1.807) is 10.4 Å². The van der Waals surface area contributed by atoms with E-state index in [-0.39, 0.29) is 45.5 Å². The summed E-state index contributed by atoms with van der Waals surface area (Å²) in [7, 11) is 0. The van der Waals surface area contributed by atoms with Crippen molar-refractivity contribution in [3.63, 3.8) is 0 Å². The highest BCUT2D eigenvalue weighted by molar-refractivity contribution is 8.03. The van der Waals surface area contributed by atoms with Crippen molar-refractivity contribution in [3.8, 4) is 11.5 Å². The van der Waals surface area contributed by atoms with Crippen molar-refractivity contribution in [3.05, 3.63) is 320 Å². The van der Waals surface area contributed by atoms with Crippen LogP contribution in [0.4, 0.5) is 9.93 Å². The summed E-state index contributed by atoms with van der Waals surface area (Å²) in [6.07, 6.45) is 1.00. The van der Waals surface area contributed by atoms with Crippen LogP contribution in [0, 0.1) is 6.92 Å². The van der Waals surface area contributed by atoms with E-state index in [1.165, 1.54) is 52.6 Å². The lowest BCUT2D eigenvalue weighted by Gasteiger charge is -2.49. The van der Waals surface area contributed by atoms with Gasteiger partial charge in [-0.1, -0.05) is 217 Å². The fourth-order valence-electron chi connectivity index (χ4n) is 12.0. The molecule has 1 saturated heterocycles. The number of thiazole rings is 1. The number of ether oxygens (including phenoxy) is 4. The van der Waals surface area contributed by atoms with Crippen LogP contribution >= 0.6 is 34.9 Å². The second kappa shape index (κ2) is 30.2. The predicted octanol–water partition coefficient (Wildman–Crippen LogP) is 13.1. The molecule has 2 atom stereocenters. The lowest BCUT2D eigenvalue weighted by molar-refractivity contribution is -0.154. The van der Waals surface area contributed by atoms with Crippen molar-refractivity contribution in [1.29, 1.82) is 0 Å². The molecule has 101 heavy (non-hydrogen) atoms. The van der Waals surface area contributed by atoms with Gasteiger partial charge in [0.15, 0.2) is 40.4 Å². The van der Waals surface area contributed by atoms with Crippen molar-refractivity contribution in [1.82, 2.24) is 30.8 Å². The number of aromatic nitrogens is 1. The minimum Gasteiger partial charge on any atom is -0.448 e. The van der Waals surface area contributed by atoms with Crippen LogP contribution in [0.1, 0.15) is 93.5 Å². The van der Waals surface area contributed by atoms with Gasteiger partial charge in [-0.3, -0.25) is 24.1 Å². The van der Waals surface area contributed by atoms with Crippen molar-refractivity contribution < 1.29 is 57.3 Å². The number of thioether (sulfide) groups is 2. The number of amides is 3. The molecule has 9 aromatic rings. The number of esters is 3. The summed E-state index contributed by atoms with van der Waals surface area (Å²) < 4.78 is 23.4. The number of aliphatic imine (C=N–C) groups is 1. The van der Waals surface area contributed by atoms with E-state index < -0.39 is 76.7 Å². The van der Waals surface area contributed by atoms with Gasteiger partial charge in [-0.05, 0) is 82.1 Å². The Hall–Kier alpha value is -11.7. The average Bonchev–Trinajstić information content (AvgIpc) is 1.57. The lowest BCUT2D eigenvalue weighted by Crippen LogP contribution is -2.71. The number of fused-ring (bicyclic) bond motifs is 2. The zero-order chi connectivity index (χ0) is 70.2. The van der Waals surface area contributed by atoms with Crippen LogP contribution in [-0.2, 0) is 43.8 Å². The monoisotopic (exact) mass is 1400 g/mol. The van der Waals surface area contributed by atoms with Crippen LogP contribution in [0.3, 0.4) is 0 Å². The molecule has 4 aliphatic heterocycles. The number of carbonyl (C=O) groups is 7. The van der Waals surface area contributed by atoms with Gasteiger partial charge in [0.05, 0.1) is 16.8 Å². The highest BCUT2D eigenvalue weighted by Gasteiger charge is 2.55. The molecule has 0 saturated carbocycles. The van der Waals surface area contributed by atoms with Gasteiger partial charge in [-0.2, -0.15) is 5.01 Å². The standard InChI is InChI=1S/C77H63N9O12S3/c1-47-40-61(94-49(3)87)62(95-50(4)88)42-59(47)73(91)98-82-65(60-46-101-75(79-60)81-77(56-34-20-9-21-35-56,57-36-22-10-23-37-57)58-38-24-11-25-39-58)70(89)80-66-71(90)85-67(74(92)96-68(51-26-12-5-13-27-51)52-28-14-6-15-29-52)55(45-100-72(66)85)44-99-64-41-48(2)78-63-43-84(83-86(63)64)76(93)97-69(53-30-16-7-17-31-53)54-32-18-8-19-33-54/h5-43,46,66,68-69,72,83H,44-45H2,1-4H3,(H,79,81)(H,80,89)/t66-,72-/m1/s1. The summed E-state index contributed by atoms with van der Waals surface area (Å²) in [6.45, 7) is 5.64. The highest BCUT2D eigenvalue weighted by Crippen LogP contribution is 2.45. The maximum Gasteiger partial charge on any atom is 0.431 e. The van der Waals surface area contributed by atoms with Gasteiger partial charge in [-0.25, -0.2) is 29.4 Å². The second-order valence-corrected chi connectivity index (χ2v) is 26.4. The third kappa shape index (κ3) is 14.7. The molecule has 21 nitrogen and oxygen atoms in total. The molecule has 24 heteroatoms. The Labute approximate surface area is 593 Å². The minimum atomic E-state index is -1.29. The molecule has 1 aromatic heterocycles. The minimum absolute atomic E-state index is 0.0291. The summed E-state index contributed by atoms with van der Waals surface area (Å²) in [5, 5.41) is 15.2. The molecule has 8 aromatic carbocycles. The Morgan fingerprint density at radius 3 is 1.67 bits per heavy atom. The number of rotatable bonds is 22. The molecule has 0 spiro atoms. The number of hydrogen-bond donors (Lipinski definition) is 3. The number of benzene rings is 8. The largest absolute Gasteiger partial charge is 0.448 e. The number of anilines is 1. The number of nitrogens with zero attached hydrogens (tertiary/aromatic N) is 6. The number of aryl methyl sites for hydroxylation is 1. The van der Waals surface area contributed by atoms with Gasteiger partial charge >= 0.3 is 30.0 Å². The molecular weight excluding hydrogens is 1340 g/mol. The Morgan fingerprint density at radius 2 is 1.16 bits per heavy atom. The van der Waals surface area contributed by atoms with E-state index in [2.05, 4.69) is 21.3 Å². The topological polar surface area (TPSA) is 249 Å². The first-order valence-corrected chi connectivity index (χ1v) is 34.8. The molecule has 3 N–H and O–H groups in total. The van der Waals surface area contributed by atoms with Crippen LogP contribution in [-0.4, -0.2) is 96.0 Å². The Balaban J connectivity index is 0.816. The van der Waals surface area contributed by atoms with E-state index in [0.29, 0.717) is 38.4 Å². The van der Waals surface area contributed by atoms with Gasteiger partial charge < -0.3 is 34.4 Å². The number of allylic oxidation sites excluding steroid dienone is 1. The quantitative estimate of drug-likeness (QED) is 0.0108. The van der Waals surface area contributed by atoms with Crippen LogP contribution in [0.25, 0.3) is 0 Å². The molecule has 0 unspecified atom stereocenters. The third-order valence-corrected chi connectivity index (χ3v) is 19.8. The molecule has 4 aliphatic rings. The first-order valence-electron chi connectivity index (χ1n) is 31.9. The highest BCUT2D eigenvalue weighted by atomic mass is 32.2. The number of oxime groups is 1. The smallest absolute Gasteiger partial charge is 0.431 e. The van der Waals surface area contributed by atoms with Crippen LogP contribution in [0.15, 0.2) is 274 Å².